The number of nitrogens with zero attached hydrogens (tertiary/aromatic N) is 2. The Morgan fingerprint density at radius 1 is 1.21 bits per heavy atom. The van der Waals surface area contributed by atoms with Crippen molar-refractivity contribution in [1.29, 1.82) is 0 Å². The lowest BCUT2D eigenvalue weighted by Gasteiger charge is -2.38. The van der Waals surface area contributed by atoms with Gasteiger partial charge in [0.1, 0.15) is 0 Å². The minimum Gasteiger partial charge on any atom is -0.327 e. The maximum Gasteiger partial charge on any atom is 0.0607 e. The molecule has 2 heterocycles. The van der Waals surface area contributed by atoms with Gasteiger partial charge in [-0.15, -0.1) is 0 Å². The number of aromatic nitrogens is 1. The Morgan fingerprint density at radius 3 is 2.89 bits per heavy atom. The van der Waals surface area contributed by atoms with Gasteiger partial charge in [0.2, 0.25) is 0 Å². The van der Waals surface area contributed by atoms with Gasteiger partial charge in [0.05, 0.1) is 11.7 Å². The number of nitrogens with one attached hydrogen (secondary N) is 1. The molecule has 0 fully saturated rings. The number of fused-ring (bicyclic) bond motifs is 2. The van der Waals surface area contributed by atoms with Crippen LogP contribution in [0.25, 0.3) is 0 Å². The van der Waals surface area contributed by atoms with Crippen LogP contribution < -0.4 is 11.1 Å². The molecule has 0 unspecified atom stereocenters. The van der Waals surface area contributed by atoms with Gasteiger partial charge in [0, 0.05) is 38.4 Å². The molecule has 4 heteroatoms. The summed E-state index contributed by atoms with van der Waals surface area (Å²) in [5, 5.41) is 3.76. The maximum absolute atomic E-state index is 5.84. The lowest BCUT2D eigenvalue weighted by atomic mass is 9.89. The average molecular weight is 377 g/mol. The summed E-state index contributed by atoms with van der Waals surface area (Å²) in [5.74, 6) is 0. The van der Waals surface area contributed by atoms with Crippen LogP contribution in [0.4, 0.5) is 0 Å². The maximum atomic E-state index is 5.84. The number of nitrogens with two attached hydrogens (primary N) is 1. The van der Waals surface area contributed by atoms with E-state index < -0.39 is 0 Å². The summed E-state index contributed by atoms with van der Waals surface area (Å²) in [6.45, 7) is 5.68. The van der Waals surface area contributed by atoms with Crippen LogP contribution in [0.15, 0.2) is 54.2 Å². The summed E-state index contributed by atoms with van der Waals surface area (Å²) in [6.07, 6.45) is 8.91. The second kappa shape index (κ2) is 8.99. The third-order valence-electron chi connectivity index (χ3n) is 6.22. The monoisotopic (exact) mass is 376 g/mol. The highest BCUT2D eigenvalue weighted by molar-refractivity contribution is 5.30. The van der Waals surface area contributed by atoms with Gasteiger partial charge in [-0.3, -0.25) is 9.88 Å². The molecule has 28 heavy (non-hydrogen) atoms. The van der Waals surface area contributed by atoms with Gasteiger partial charge in [0.25, 0.3) is 0 Å². The van der Waals surface area contributed by atoms with Crippen LogP contribution >= 0.6 is 0 Å². The second-order valence-electron chi connectivity index (χ2n) is 8.21. The predicted octanol–water partition coefficient (Wildman–Crippen LogP) is 3.38. The first kappa shape index (κ1) is 19.3. The van der Waals surface area contributed by atoms with Crippen molar-refractivity contribution >= 4 is 0 Å². The van der Waals surface area contributed by atoms with E-state index in [-0.39, 0.29) is 0 Å². The van der Waals surface area contributed by atoms with Crippen LogP contribution in [0.2, 0.25) is 0 Å². The van der Waals surface area contributed by atoms with E-state index in [4.69, 9.17) is 10.7 Å². The van der Waals surface area contributed by atoms with E-state index in [1.807, 2.05) is 6.20 Å². The molecule has 2 aromatic rings. The van der Waals surface area contributed by atoms with Crippen LogP contribution in [-0.4, -0.2) is 35.6 Å². The molecule has 0 saturated heterocycles. The standard InChI is InChI=1S/C24H32N4/c1-18(15-25)11-13-28(23-10-4-8-19-9-5-12-26-24(19)23)17-22-14-20-6-2-3-7-21(20)16-27-22/h2-3,5-7,9,11-12,22-23,27H,4,8,10,13-17,25H2,1H3/b18-11-/t22-,23+/m1/s1. The molecule has 0 saturated carbocycles. The largest absolute Gasteiger partial charge is 0.327 e. The molecule has 3 N–H and O–H groups in total. The number of hydrogen-bond donors (Lipinski definition) is 2. The molecule has 2 atom stereocenters. The predicted molar refractivity (Wildman–Crippen MR) is 115 cm³/mol. The van der Waals surface area contributed by atoms with Crippen LogP contribution in [0.3, 0.4) is 0 Å². The van der Waals surface area contributed by atoms with Gasteiger partial charge in [-0.05, 0) is 55.4 Å². The Bertz CT molecular complexity index is 829. The van der Waals surface area contributed by atoms with E-state index in [1.165, 1.54) is 40.8 Å². The Morgan fingerprint density at radius 2 is 2.04 bits per heavy atom. The molecule has 0 bridgehead atoms. The number of benzene rings is 1. The van der Waals surface area contributed by atoms with Crippen LogP contribution in [0.1, 0.15) is 48.2 Å². The SMILES string of the molecule is C/C(=C/CN(C[C@H]1Cc2ccccc2CN1)[C@H]1CCCc2cccnc21)CN. The van der Waals surface area contributed by atoms with Gasteiger partial charge in [-0.25, -0.2) is 0 Å². The van der Waals surface area contributed by atoms with Crippen molar-refractivity contribution < 1.29 is 0 Å². The Labute approximate surface area is 168 Å². The molecule has 4 nitrogen and oxygen atoms in total. The first-order valence-corrected chi connectivity index (χ1v) is 10.6. The first-order valence-electron chi connectivity index (χ1n) is 10.6. The van der Waals surface area contributed by atoms with Crippen molar-refractivity contribution in [2.45, 2.75) is 51.2 Å². The molecule has 0 amide bonds. The van der Waals surface area contributed by atoms with Gasteiger partial charge in [0.15, 0.2) is 0 Å². The van der Waals surface area contributed by atoms with Gasteiger partial charge >= 0.3 is 0 Å². The molecule has 2 aliphatic rings. The van der Waals surface area contributed by atoms with E-state index in [1.54, 1.807) is 0 Å². The summed E-state index contributed by atoms with van der Waals surface area (Å²) in [6, 6.07) is 14.0. The van der Waals surface area contributed by atoms with Crippen molar-refractivity contribution in [3.63, 3.8) is 0 Å². The van der Waals surface area contributed by atoms with Gasteiger partial charge in [-0.1, -0.05) is 42.0 Å². The molecule has 1 aliphatic carbocycles. The minimum atomic E-state index is 0.394. The zero-order valence-electron chi connectivity index (χ0n) is 16.9. The minimum absolute atomic E-state index is 0.394. The summed E-state index contributed by atoms with van der Waals surface area (Å²) in [5.41, 5.74) is 12.7. The van der Waals surface area contributed by atoms with E-state index in [2.05, 4.69) is 59.6 Å². The topological polar surface area (TPSA) is 54.2 Å². The molecule has 1 aromatic heterocycles. The molecule has 1 aliphatic heterocycles. The highest BCUT2D eigenvalue weighted by Gasteiger charge is 2.29. The molecule has 148 valence electrons. The lowest BCUT2D eigenvalue weighted by molar-refractivity contribution is 0.170. The van der Waals surface area contributed by atoms with E-state index in [9.17, 15) is 0 Å². The van der Waals surface area contributed by atoms with Crippen molar-refractivity contribution in [2.24, 2.45) is 5.73 Å². The van der Waals surface area contributed by atoms with Crippen molar-refractivity contribution in [1.82, 2.24) is 15.2 Å². The highest BCUT2D eigenvalue weighted by Crippen LogP contribution is 2.33. The zero-order chi connectivity index (χ0) is 19.3. The molecule has 1 aromatic carbocycles. The first-order chi connectivity index (χ1) is 13.7. The molecular formula is C24H32N4. The molecule has 0 radical (unpaired) electrons. The van der Waals surface area contributed by atoms with E-state index >= 15 is 0 Å². The van der Waals surface area contributed by atoms with E-state index in [0.29, 0.717) is 18.6 Å². The summed E-state index contributed by atoms with van der Waals surface area (Å²) in [7, 11) is 0. The molecule has 0 spiro atoms. The highest BCUT2D eigenvalue weighted by atomic mass is 15.2. The third kappa shape index (κ3) is 4.35. The fourth-order valence-corrected chi connectivity index (χ4v) is 4.56. The fraction of sp³-hybridized carbons (Fsp3) is 0.458. The number of pyridine rings is 1. The quantitative estimate of drug-likeness (QED) is 0.759. The smallest absolute Gasteiger partial charge is 0.0607 e. The average Bonchev–Trinajstić information content (AvgIpc) is 2.76. The Kier molecular flexibility index (Phi) is 6.20. The number of hydrogen-bond acceptors (Lipinski definition) is 4. The Balaban J connectivity index is 1.55. The van der Waals surface area contributed by atoms with Crippen molar-refractivity contribution in [3.8, 4) is 0 Å². The van der Waals surface area contributed by atoms with Gasteiger partial charge in [-0.2, -0.15) is 0 Å². The summed E-state index contributed by atoms with van der Waals surface area (Å²) < 4.78 is 0. The van der Waals surface area contributed by atoms with Crippen LogP contribution in [0, 0.1) is 0 Å². The molecular weight excluding hydrogens is 344 g/mol. The lowest BCUT2D eigenvalue weighted by Crippen LogP contribution is -2.46. The number of aryl methyl sites for hydroxylation is 1. The number of rotatable bonds is 6. The summed E-state index contributed by atoms with van der Waals surface area (Å²) >= 11 is 0. The van der Waals surface area contributed by atoms with Crippen LogP contribution in [0.5, 0.6) is 0 Å². The fourth-order valence-electron chi connectivity index (χ4n) is 4.56. The van der Waals surface area contributed by atoms with Gasteiger partial charge < -0.3 is 11.1 Å². The zero-order valence-corrected chi connectivity index (χ0v) is 16.9. The van der Waals surface area contributed by atoms with Crippen molar-refractivity contribution in [2.75, 3.05) is 19.6 Å². The van der Waals surface area contributed by atoms with Crippen LogP contribution in [-0.2, 0) is 19.4 Å². The Hall–Kier alpha value is -2.01. The molecule has 4 rings (SSSR count). The summed E-state index contributed by atoms with van der Waals surface area (Å²) in [4.78, 5) is 7.41. The van der Waals surface area contributed by atoms with Crippen molar-refractivity contribution in [3.05, 3.63) is 76.6 Å². The second-order valence-corrected chi connectivity index (χ2v) is 8.21. The van der Waals surface area contributed by atoms with E-state index in [0.717, 1.165) is 32.5 Å². The normalized spacial score (nSPS) is 22.0. The third-order valence-corrected chi connectivity index (χ3v) is 6.22.